The molecule has 2 N–H and O–H groups in total. The molecule has 0 aromatic heterocycles. The van der Waals surface area contributed by atoms with E-state index in [9.17, 15) is 18.3 Å². The fourth-order valence-corrected chi connectivity index (χ4v) is 5.63. The highest BCUT2D eigenvalue weighted by atomic mass is 32.2. The zero-order chi connectivity index (χ0) is 25.2. The number of nitrogens with zero attached hydrogens (tertiary/aromatic N) is 2. The summed E-state index contributed by atoms with van der Waals surface area (Å²) in [6.07, 6.45) is 0. The van der Waals surface area contributed by atoms with E-state index in [0.717, 1.165) is 30.1 Å². The molecule has 1 saturated heterocycles. The molecule has 0 unspecified atom stereocenters. The van der Waals surface area contributed by atoms with Crippen LogP contribution in [-0.4, -0.2) is 52.8 Å². The van der Waals surface area contributed by atoms with E-state index in [4.69, 9.17) is 4.74 Å². The lowest BCUT2D eigenvalue weighted by Gasteiger charge is -2.38. The number of ether oxygens (including phenoxy) is 1. The van der Waals surface area contributed by atoms with Crippen LogP contribution in [0.3, 0.4) is 0 Å². The number of nitrogens with one attached hydrogen (secondary N) is 1. The Kier molecular flexibility index (Phi) is 6.88. The molecule has 9 heteroatoms. The van der Waals surface area contributed by atoms with Gasteiger partial charge in [-0.15, -0.1) is 0 Å². The summed E-state index contributed by atoms with van der Waals surface area (Å²) < 4.78 is 33.7. The van der Waals surface area contributed by atoms with Gasteiger partial charge in [0, 0.05) is 37.6 Å². The number of benzene rings is 3. The number of methoxy groups -OCH3 is 1. The molecule has 0 atom stereocenters. The molecule has 0 saturated carbocycles. The van der Waals surface area contributed by atoms with Crippen molar-refractivity contribution in [1.29, 1.82) is 0 Å². The first-order valence-electron chi connectivity index (χ1n) is 11.3. The Morgan fingerprint density at radius 3 is 2.20 bits per heavy atom. The maximum atomic E-state index is 13.0. The Morgan fingerprint density at radius 2 is 1.57 bits per heavy atom. The smallest absolute Gasteiger partial charge is 0.337 e. The Morgan fingerprint density at radius 1 is 0.914 bits per heavy atom. The van der Waals surface area contributed by atoms with Gasteiger partial charge in [-0.2, -0.15) is 0 Å². The van der Waals surface area contributed by atoms with Gasteiger partial charge in [-0.25, -0.2) is 13.2 Å². The fraction of sp³-hybridized carbons (Fsp3) is 0.269. The van der Waals surface area contributed by atoms with Crippen LogP contribution in [0.15, 0.2) is 65.6 Å². The minimum absolute atomic E-state index is 0.0593. The van der Waals surface area contributed by atoms with Crippen molar-refractivity contribution in [3.8, 4) is 5.75 Å². The lowest BCUT2D eigenvalue weighted by molar-refractivity contribution is 0.0697. The number of carboxylic acid groups (broad SMARTS) is 1. The van der Waals surface area contributed by atoms with Gasteiger partial charge in [-0.1, -0.05) is 12.1 Å². The first-order chi connectivity index (χ1) is 16.7. The Bertz CT molecular complexity index is 1330. The van der Waals surface area contributed by atoms with E-state index >= 15 is 0 Å². The van der Waals surface area contributed by atoms with Crippen LogP contribution in [0, 0.1) is 13.8 Å². The quantitative estimate of drug-likeness (QED) is 0.508. The molecule has 8 nitrogen and oxygen atoms in total. The number of hydrogen-bond donors (Lipinski definition) is 2. The van der Waals surface area contributed by atoms with Crippen LogP contribution in [0.4, 0.5) is 17.1 Å². The summed E-state index contributed by atoms with van der Waals surface area (Å²) in [6, 6.07) is 17.7. The van der Waals surface area contributed by atoms with Gasteiger partial charge in [-0.3, -0.25) is 4.72 Å². The number of aryl methyl sites for hydroxylation is 2. The lowest BCUT2D eigenvalue weighted by Crippen LogP contribution is -2.47. The van der Waals surface area contributed by atoms with Crippen LogP contribution in [0.5, 0.6) is 5.75 Å². The van der Waals surface area contributed by atoms with Gasteiger partial charge in [0.15, 0.2) is 0 Å². The highest BCUT2D eigenvalue weighted by molar-refractivity contribution is 7.92. The summed E-state index contributed by atoms with van der Waals surface area (Å²) in [5.41, 5.74) is 3.37. The number of anilines is 3. The van der Waals surface area contributed by atoms with Gasteiger partial charge < -0.3 is 19.6 Å². The van der Waals surface area contributed by atoms with Crippen LogP contribution in [0.1, 0.15) is 21.5 Å². The van der Waals surface area contributed by atoms with Crippen LogP contribution in [-0.2, 0) is 10.0 Å². The molecule has 184 valence electrons. The third kappa shape index (κ3) is 5.35. The van der Waals surface area contributed by atoms with Crippen LogP contribution in [0.2, 0.25) is 0 Å². The maximum absolute atomic E-state index is 13.0. The highest BCUT2D eigenvalue weighted by Gasteiger charge is 2.24. The van der Waals surface area contributed by atoms with Crippen LogP contribution < -0.4 is 19.3 Å². The molecule has 4 rings (SSSR count). The summed E-state index contributed by atoms with van der Waals surface area (Å²) in [4.78, 5) is 16.5. The minimum Gasteiger partial charge on any atom is -0.497 e. The Hall–Kier alpha value is -3.72. The fourth-order valence-electron chi connectivity index (χ4n) is 4.25. The van der Waals surface area contributed by atoms with Crippen LogP contribution in [0.25, 0.3) is 0 Å². The van der Waals surface area contributed by atoms with Crippen molar-refractivity contribution in [2.75, 3.05) is 47.8 Å². The van der Waals surface area contributed by atoms with Crippen molar-refractivity contribution in [2.45, 2.75) is 18.7 Å². The van der Waals surface area contributed by atoms with Crippen LogP contribution >= 0.6 is 0 Å². The van der Waals surface area contributed by atoms with Crippen molar-refractivity contribution >= 4 is 33.1 Å². The van der Waals surface area contributed by atoms with Gasteiger partial charge >= 0.3 is 5.97 Å². The van der Waals surface area contributed by atoms with E-state index < -0.39 is 16.0 Å². The molecular weight excluding hydrogens is 466 g/mol. The summed E-state index contributed by atoms with van der Waals surface area (Å²) in [5.74, 6) is -0.308. The average molecular weight is 496 g/mol. The zero-order valence-electron chi connectivity index (χ0n) is 20.0. The van der Waals surface area contributed by atoms with E-state index in [2.05, 4.69) is 9.62 Å². The third-order valence-electron chi connectivity index (χ3n) is 6.17. The summed E-state index contributed by atoms with van der Waals surface area (Å²) >= 11 is 0. The number of aromatic carboxylic acids is 1. The largest absolute Gasteiger partial charge is 0.497 e. The molecule has 0 spiro atoms. The van der Waals surface area contributed by atoms with Gasteiger partial charge in [0.2, 0.25) is 0 Å². The number of hydrogen-bond acceptors (Lipinski definition) is 6. The second kappa shape index (κ2) is 9.87. The predicted molar refractivity (Wildman–Crippen MR) is 138 cm³/mol. The third-order valence-corrected chi connectivity index (χ3v) is 7.69. The molecular formula is C26H29N3O5S. The zero-order valence-corrected chi connectivity index (χ0v) is 20.8. The monoisotopic (exact) mass is 495 g/mol. The van der Waals surface area contributed by atoms with Gasteiger partial charge in [-0.05, 0) is 73.5 Å². The predicted octanol–water partition coefficient (Wildman–Crippen LogP) is 4.14. The second-order valence-electron chi connectivity index (χ2n) is 8.58. The first kappa shape index (κ1) is 24.4. The molecule has 0 radical (unpaired) electrons. The standard InChI is InChI=1S/C26H29N3O5S/c1-18-4-5-19(2)25(16-18)35(32,33)27-20-6-11-24(23(17-20)26(30)31)29-14-12-28(13-15-29)21-7-9-22(34-3)10-8-21/h4-11,16-17,27H,12-15H2,1-3H3,(H,30,31). The Labute approximate surface area is 205 Å². The molecule has 0 bridgehead atoms. The minimum atomic E-state index is -3.86. The van der Waals surface area contributed by atoms with Gasteiger partial charge in [0.05, 0.1) is 23.3 Å². The van der Waals surface area contributed by atoms with Crippen molar-refractivity contribution < 1.29 is 23.1 Å². The van der Waals surface area contributed by atoms with E-state index in [-0.39, 0.29) is 16.1 Å². The first-order valence-corrected chi connectivity index (χ1v) is 12.8. The van der Waals surface area contributed by atoms with Gasteiger partial charge in [0.25, 0.3) is 10.0 Å². The van der Waals surface area contributed by atoms with Crippen molar-refractivity contribution in [2.24, 2.45) is 0 Å². The van der Waals surface area contributed by atoms with E-state index in [0.29, 0.717) is 24.3 Å². The molecule has 0 amide bonds. The maximum Gasteiger partial charge on any atom is 0.337 e. The topological polar surface area (TPSA) is 99.2 Å². The van der Waals surface area contributed by atoms with Gasteiger partial charge in [0.1, 0.15) is 5.75 Å². The molecule has 1 heterocycles. The van der Waals surface area contributed by atoms with E-state index in [1.165, 1.54) is 6.07 Å². The summed E-state index contributed by atoms with van der Waals surface area (Å²) in [7, 11) is -2.23. The molecule has 1 aliphatic rings. The Balaban J connectivity index is 1.52. The number of rotatable bonds is 7. The normalized spacial score (nSPS) is 14.0. The molecule has 3 aromatic rings. The molecule has 35 heavy (non-hydrogen) atoms. The average Bonchev–Trinajstić information content (AvgIpc) is 2.85. The number of carboxylic acids is 1. The second-order valence-corrected chi connectivity index (χ2v) is 10.2. The van der Waals surface area contributed by atoms with E-state index in [1.54, 1.807) is 38.3 Å². The number of carbonyl (C=O) groups is 1. The van der Waals surface area contributed by atoms with E-state index in [1.807, 2.05) is 42.2 Å². The molecule has 1 aliphatic heterocycles. The molecule has 0 aliphatic carbocycles. The number of piperazine rings is 1. The lowest BCUT2D eigenvalue weighted by atomic mass is 10.1. The SMILES string of the molecule is COc1ccc(N2CCN(c3ccc(NS(=O)(=O)c4cc(C)ccc4C)cc3C(=O)O)CC2)cc1. The summed E-state index contributed by atoms with van der Waals surface area (Å²) in [5, 5.41) is 9.87. The molecule has 3 aromatic carbocycles. The summed E-state index contributed by atoms with van der Waals surface area (Å²) in [6.45, 7) is 6.29. The highest BCUT2D eigenvalue weighted by Crippen LogP contribution is 2.29. The van der Waals surface area contributed by atoms with Crippen molar-refractivity contribution in [1.82, 2.24) is 0 Å². The number of sulfonamides is 1. The van der Waals surface area contributed by atoms with Crippen molar-refractivity contribution in [3.63, 3.8) is 0 Å². The molecule has 1 fully saturated rings. The van der Waals surface area contributed by atoms with Crippen molar-refractivity contribution in [3.05, 3.63) is 77.4 Å².